The zero-order chi connectivity index (χ0) is 48.0. The monoisotopic (exact) mass is 930 g/mol. The first-order chi connectivity index (χ1) is 31.4. The lowest BCUT2D eigenvalue weighted by molar-refractivity contribution is -0.142. The van der Waals surface area contributed by atoms with Crippen LogP contribution in [0.5, 0.6) is 0 Å². The summed E-state index contributed by atoms with van der Waals surface area (Å²) < 4.78 is 9.87. The van der Waals surface area contributed by atoms with Gasteiger partial charge in [-0.05, 0) is 103 Å². The Morgan fingerprint density at radius 3 is 1.50 bits per heavy atom. The van der Waals surface area contributed by atoms with E-state index in [0.29, 0.717) is 12.8 Å². The highest BCUT2D eigenvalue weighted by Gasteiger charge is 2.39. The zero-order valence-corrected chi connectivity index (χ0v) is 40.8. The third-order valence-electron chi connectivity index (χ3n) is 11.3. The molecule has 0 aromatic heterocycles. The average molecular weight is 930 g/mol. The summed E-state index contributed by atoms with van der Waals surface area (Å²) in [5.74, 6) is -2.53. The number of carbonyl (C=O) groups is 5. The number of rotatable bonds is 19. The molecule has 2 aliphatic carbocycles. The molecular formula is C52H75N5O8S. The molecule has 13 nitrogen and oxygen atoms in total. The molecule has 362 valence electrons. The predicted octanol–water partition coefficient (Wildman–Crippen LogP) is 9.23. The van der Waals surface area contributed by atoms with E-state index in [9.17, 15) is 29.1 Å². The molecule has 4 amide bonds. The number of alkyl carbamates (subject to hydrolysis) is 2. The number of nitrogens with one attached hydrogen (secondary N) is 5. The van der Waals surface area contributed by atoms with Crippen molar-refractivity contribution in [3.05, 3.63) is 108 Å². The molecule has 2 unspecified atom stereocenters. The lowest BCUT2D eigenvalue weighted by Crippen LogP contribution is -2.52. The van der Waals surface area contributed by atoms with Crippen LogP contribution in [-0.2, 0) is 28.6 Å². The van der Waals surface area contributed by atoms with Crippen molar-refractivity contribution < 1.29 is 38.6 Å². The summed E-state index contributed by atoms with van der Waals surface area (Å²) in [6.07, 6.45) is 14.1. The van der Waals surface area contributed by atoms with Gasteiger partial charge < -0.3 is 41.2 Å². The quantitative estimate of drug-likeness (QED) is 0.0501. The Balaban J connectivity index is 0.000000620. The van der Waals surface area contributed by atoms with Crippen molar-refractivity contribution in [2.24, 2.45) is 0 Å². The fourth-order valence-electron chi connectivity index (χ4n) is 8.25. The van der Waals surface area contributed by atoms with Crippen LogP contribution in [0.3, 0.4) is 0 Å². The standard InChI is InChI=1S/C40H52N4O8S.C12H23N/c1-38(2,3)51-36(49)41-25-17-16-24-31(35(47)48)43-33(45)26-42-34(46)32(44-37(50)52-39(4,5)6)27-53-40(28-18-10-7-11-19-28,29-20-12-8-13-21-29)30-22-14-9-15-23-30;1-3-7-11(8-4-1)13-12-9-5-2-6-10-12/h7-15,18-23,31-32H,16-17,24-27H2,1-6H3,(H,41,49)(H,42,46)(H,43,45)(H,44,50)(H,47,48);11-13H,1-10H2. The van der Waals surface area contributed by atoms with Gasteiger partial charge in [-0.25, -0.2) is 14.4 Å². The number of hydrogen-bond donors (Lipinski definition) is 6. The molecule has 0 aliphatic heterocycles. The van der Waals surface area contributed by atoms with Gasteiger partial charge >= 0.3 is 18.2 Å². The number of benzene rings is 3. The summed E-state index contributed by atoms with van der Waals surface area (Å²) in [6, 6.07) is 29.0. The van der Waals surface area contributed by atoms with Crippen LogP contribution in [0.4, 0.5) is 9.59 Å². The molecule has 2 aliphatic rings. The maximum atomic E-state index is 13.7. The van der Waals surface area contributed by atoms with E-state index < -0.39 is 64.5 Å². The van der Waals surface area contributed by atoms with Gasteiger partial charge in [-0.15, -0.1) is 11.8 Å². The Kier molecular flexibility index (Phi) is 21.8. The fourth-order valence-corrected chi connectivity index (χ4v) is 9.81. The van der Waals surface area contributed by atoms with Crippen LogP contribution in [0.2, 0.25) is 0 Å². The van der Waals surface area contributed by atoms with E-state index in [1.165, 1.54) is 76.0 Å². The molecular weight excluding hydrogens is 855 g/mol. The molecule has 14 heteroatoms. The van der Waals surface area contributed by atoms with Gasteiger partial charge in [-0.2, -0.15) is 0 Å². The van der Waals surface area contributed by atoms with Crippen molar-refractivity contribution in [2.45, 2.75) is 165 Å². The van der Waals surface area contributed by atoms with E-state index in [4.69, 9.17) is 9.47 Å². The van der Waals surface area contributed by atoms with Gasteiger partial charge in [-0.3, -0.25) is 9.59 Å². The van der Waals surface area contributed by atoms with Crippen molar-refractivity contribution in [1.82, 2.24) is 26.6 Å². The second kappa shape index (κ2) is 26.9. The van der Waals surface area contributed by atoms with Gasteiger partial charge in [-0.1, -0.05) is 130 Å². The first-order valence-corrected chi connectivity index (χ1v) is 24.8. The molecule has 2 atom stereocenters. The summed E-state index contributed by atoms with van der Waals surface area (Å²) in [5, 5.41) is 23.9. The highest BCUT2D eigenvalue weighted by molar-refractivity contribution is 8.00. The van der Waals surface area contributed by atoms with Crippen molar-refractivity contribution >= 4 is 41.7 Å². The largest absolute Gasteiger partial charge is 0.480 e. The molecule has 5 rings (SSSR count). The molecule has 66 heavy (non-hydrogen) atoms. The summed E-state index contributed by atoms with van der Waals surface area (Å²) in [4.78, 5) is 63.4. The molecule has 0 radical (unpaired) electrons. The van der Waals surface area contributed by atoms with E-state index in [0.717, 1.165) is 28.8 Å². The molecule has 0 bridgehead atoms. The number of amides is 4. The van der Waals surface area contributed by atoms with Gasteiger partial charge in [0.1, 0.15) is 23.3 Å². The SMILES string of the molecule is C1CCC(NC2CCCCC2)CC1.CC(C)(C)OC(=O)NCCCCC(NC(=O)CNC(=O)C(CSC(c1ccccc1)(c1ccccc1)c1ccccc1)NC(=O)OC(C)(C)C)C(=O)O. The molecule has 0 saturated heterocycles. The Bertz CT molecular complexity index is 1820. The van der Waals surface area contributed by atoms with Crippen LogP contribution in [0.25, 0.3) is 0 Å². The first-order valence-electron chi connectivity index (χ1n) is 23.8. The topological polar surface area (TPSA) is 184 Å². The van der Waals surface area contributed by atoms with E-state index in [-0.39, 0.29) is 18.7 Å². The lowest BCUT2D eigenvalue weighted by atomic mass is 9.84. The number of carboxylic acids is 1. The van der Waals surface area contributed by atoms with Crippen LogP contribution in [0.15, 0.2) is 91.0 Å². The maximum Gasteiger partial charge on any atom is 0.408 e. The molecule has 0 heterocycles. The molecule has 3 aromatic rings. The van der Waals surface area contributed by atoms with Crippen molar-refractivity contribution in [3.63, 3.8) is 0 Å². The minimum Gasteiger partial charge on any atom is -0.480 e. The minimum absolute atomic E-state index is 0.0699. The average Bonchev–Trinajstić information content (AvgIpc) is 3.28. The Labute approximate surface area is 397 Å². The van der Waals surface area contributed by atoms with Crippen molar-refractivity contribution in [1.29, 1.82) is 0 Å². The molecule has 0 spiro atoms. The van der Waals surface area contributed by atoms with Crippen LogP contribution in [0.1, 0.15) is 142 Å². The Morgan fingerprint density at radius 1 is 0.606 bits per heavy atom. The van der Waals surface area contributed by atoms with E-state index in [2.05, 4.69) is 26.6 Å². The van der Waals surface area contributed by atoms with Gasteiger partial charge in [0.25, 0.3) is 0 Å². The zero-order valence-electron chi connectivity index (χ0n) is 40.0. The van der Waals surface area contributed by atoms with Crippen molar-refractivity contribution in [3.8, 4) is 0 Å². The number of carbonyl (C=O) groups excluding carboxylic acids is 4. The highest BCUT2D eigenvalue weighted by atomic mass is 32.2. The minimum atomic E-state index is -1.23. The van der Waals surface area contributed by atoms with Gasteiger partial charge in [0.2, 0.25) is 11.8 Å². The Morgan fingerprint density at radius 2 is 1.06 bits per heavy atom. The van der Waals surface area contributed by atoms with Gasteiger partial charge in [0, 0.05) is 24.4 Å². The van der Waals surface area contributed by atoms with Crippen molar-refractivity contribution in [2.75, 3.05) is 18.8 Å². The number of ether oxygens (including phenoxy) is 2. The molecule has 6 N–H and O–H groups in total. The maximum absolute atomic E-state index is 13.7. The smallest absolute Gasteiger partial charge is 0.408 e. The third-order valence-corrected chi connectivity index (χ3v) is 13.0. The summed E-state index contributed by atoms with van der Waals surface area (Å²) in [7, 11) is 0. The van der Waals surface area contributed by atoms with Crippen LogP contribution in [0, 0.1) is 0 Å². The lowest BCUT2D eigenvalue weighted by Gasteiger charge is -2.36. The summed E-state index contributed by atoms with van der Waals surface area (Å²) in [6.45, 7) is 10.1. The summed E-state index contributed by atoms with van der Waals surface area (Å²) in [5.41, 5.74) is 1.40. The molecule has 3 aromatic carbocycles. The fraction of sp³-hybridized carbons (Fsp3) is 0.558. The summed E-state index contributed by atoms with van der Waals surface area (Å²) >= 11 is 1.45. The van der Waals surface area contributed by atoms with Crippen LogP contribution in [-0.4, -0.2) is 89.3 Å². The van der Waals surface area contributed by atoms with E-state index >= 15 is 0 Å². The second-order valence-electron chi connectivity index (χ2n) is 19.2. The van der Waals surface area contributed by atoms with E-state index in [1.807, 2.05) is 91.0 Å². The number of thioether (sulfide) groups is 1. The number of unbranched alkanes of at least 4 members (excludes halogenated alkanes) is 1. The predicted molar refractivity (Wildman–Crippen MR) is 262 cm³/mol. The van der Waals surface area contributed by atoms with Gasteiger partial charge in [0.05, 0.1) is 11.3 Å². The second-order valence-corrected chi connectivity index (χ2v) is 20.5. The number of hydrogen-bond acceptors (Lipinski definition) is 9. The third kappa shape index (κ3) is 19.0. The van der Waals surface area contributed by atoms with Crippen LogP contribution >= 0.6 is 11.8 Å². The van der Waals surface area contributed by atoms with Crippen LogP contribution < -0.4 is 26.6 Å². The number of aliphatic carboxylic acids is 1. The first kappa shape index (κ1) is 53.5. The molecule has 2 fully saturated rings. The molecule has 2 saturated carbocycles. The highest BCUT2D eigenvalue weighted by Crippen LogP contribution is 2.48. The number of carboxylic acid groups (broad SMARTS) is 1. The van der Waals surface area contributed by atoms with E-state index in [1.54, 1.807) is 41.5 Å². The normalized spacial score (nSPS) is 15.7. The van der Waals surface area contributed by atoms with Gasteiger partial charge in [0.15, 0.2) is 0 Å². The Hall–Kier alpha value is -5.08.